The maximum absolute atomic E-state index is 12.8. The third-order valence-electron chi connectivity index (χ3n) is 4.71. The molecule has 0 saturated carbocycles. The van der Waals surface area contributed by atoms with Crippen LogP contribution in [0.25, 0.3) is 11.4 Å². The van der Waals surface area contributed by atoms with Crippen LogP contribution in [0.15, 0.2) is 47.0 Å². The Morgan fingerprint density at radius 2 is 1.76 bits per heavy atom. The summed E-state index contributed by atoms with van der Waals surface area (Å²) in [6.07, 6.45) is 0. The second-order valence-corrected chi connectivity index (χ2v) is 7.55. The number of amides is 1. The van der Waals surface area contributed by atoms with E-state index in [0.29, 0.717) is 17.5 Å². The summed E-state index contributed by atoms with van der Waals surface area (Å²) in [6, 6.07) is 13.8. The highest BCUT2D eigenvalue weighted by Crippen LogP contribution is 2.20. The molecule has 0 bridgehead atoms. The topological polar surface area (TPSA) is 68.5 Å². The van der Waals surface area contributed by atoms with Crippen LogP contribution in [0, 0.1) is 20.8 Å². The Hall–Kier alpha value is -3.15. The number of carbonyl (C=O) groups is 1. The molecule has 6 heteroatoms. The van der Waals surface area contributed by atoms with E-state index >= 15 is 0 Å². The maximum Gasteiger partial charge on any atom is 0.261 e. The maximum atomic E-state index is 12.8. The lowest BCUT2D eigenvalue weighted by atomic mass is 10.1. The second kappa shape index (κ2) is 8.90. The number of aryl methyl sites for hydroxylation is 3. The average molecular weight is 393 g/mol. The molecule has 1 amide bonds. The van der Waals surface area contributed by atoms with Crippen LogP contribution in [-0.2, 0) is 11.3 Å². The van der Waals surface area contributed by atoms with Gasteiger partial charge in [-0.05, 0) is 46.2 Å². The van der Waals surface area contributed by atoms with Crippen molar-refractivity contribution in [3.63, 3.8) is 0 Å². The van der Waals surface area contributed by atoms with E-state index in [-0.39, 0.29) is 25.1 Å². The number of carbonyl (C=O) groups excluding carboxylic acids is 1. The number of hydrogen-bond donors (Lipinski definition) is 0. The molecule has 0 atom stereocenters. The van der Waals surface area contributed by atoms with Gasteiger partial charge in [0, 0.05) is 11.6 Å². The van der Waals surface area contributed by atoms with Crippen LogP contribution in [0.1, 0.15) is 36.4 Å². The van der Waals surface area contributed by atoms with Crippen molar-refractivity contribution in [2.24, 2.45) is 0 Å². The van der Waals surface area contributed by atoms with Gasteiger partial charge in [-0.15, -0.1) is 0 Å². The molecule has 29 heavy (non-hydrogen) atoms. The SMILES string of the molecule is Cc1ccc(-c2noc(CN(C(=O)COc3ccc(C)cc3C)C(C)C)n2)cc1. The number of aromatic nitrogens is 2. The van der Waals surface area contributed by atoms with Crippen molar-refractivity contribution in [2.45, 2.75) is 47.2 Å². The smallest absolute Gasteiger partial charge is 0.261 e. The molecule has 3 rings (SSSR count). The van der Waals surface area contributed by atoms with Gasteiger partial charge < -0.3 is 14.2 Å². The normalized spacial score (nSPS) is 11.0. The van der Waals surface area contributed by atoms with Crippen molar-refractivity contribution in [3.8, 4) is 17.1 Å². The minimum absolute atomic E-state index is 0.0278. The minimum Gasteiger partial charge on any atom is -0.483 e. The molecule has 0 aliphatic carbocycles. The van der Waals surface area contributed by atoms with Crippen LogP contribution in [0.2, 0.25) is 0 Å². The first-order chi connectivity index (χ1) is 13.8. The Morgan fingerprint density at radius 1 is 1.07 bits per heavy atom. The average Bonchev–Trinajstić information content (AvgIpc) is 3.14. The van der Waals surface area contributed by atoms with Crippen molar-refractivity contribution in [3.05, 3.63) is 65.0 Å². The standard InChI is InChI=1S/C23H27N3O3/c1-15(2)26(22(27)14-28-20-11-8-17(4)12-18(20)5)13-21-24-23(25-29-21)19-9-6-16(3)7-10-19/h6-12,15H,13-14H2,1-5H3. The van der Waals surface area contributed by atoms with E-state index in [9.17, 15) is 4.79 Å². The third kappa shape index (κ3) is 5.22. The van der Waals surface area contributed by atoms with Gasteiger partial charge in [-0.25, -0.2) is 0 Å². The van der Waals surface area contributed by atoms with Gasteiger partial charge in [0.2, 0.25) is 11.7 Å². The van der Waals surface area contributed by atoms with E-state index in [1.807, 2.05) is 77.1 Å². The number of nitrogens with zero attached hydrogens (tertiary/aromatic N) is 3. The quantitative estimate of drug-likeness (QED) is 0.592. The fourth-order valence-electron chi connectivity index (χ4n) is 3.03. The number of benzene rings is 2. The Morgan fingerprint density at radius 3 is 2.41 bits per heavy atom. The van der Waals surface area contributed by atoms with Crippen molar-refractivity contribution in [2.75, 3.05) is 6.61 Å². The van der Waals surface area contributed by atoms with Crippen LogP contribution in [0.4, 0.5) is 0 Å². The van der Waals surface area contributed by atoms with E-state index < -0.39 is 0 Å². The lowest BCUT2D eigenvalue weighted by Crippen LogP contribution is -2.39. The first-order valence-electron chi connectivity index (χ1n) is 9.72. The first kappa shape index (κ1) is 20.6. The number of ether oxygens (including phenoxy) is 1. The highest BCUT2D eigenvalue weighted by Gasteiger charge is 2.21. The predicted octanol–water partition coefficient (Wildman–Crippen LogP) is 4.48. The number of rotatable bonds is 7. The molecule has 0 unspecified atom stereocenters. The first-order valence-corrected chi connectivity index (χ1v) is 9.72. The molecule has 152 valence electrons. The zero-order valence-corrected chi connectivity index (χ0v) is 17.6. The molecule has 0 radical (unpaired) electrons. The van der Waals surface area contributed by atoms with E-state index in [2.05, 4.69) is 10.1 Å². The van der Waals surface area contributed by atoms with E-state index in [1.165, 1.54) is 0 Å². The molecule has 1 aromatic heterocycles. The third-order valence-corrected chi connectivity index (χ3v) is 4.71. The van der Waals surface area contributed by atoms with Gasteiger partial charge in [-0.1, -0.05) is 52.7 Å². The minimum atomic E-state index is -0.130. The van der Waals surface area contributed by atoms with Gasteiger partial charge >= 0.3 is 0 Å². The van der Waals surface area contributed by atoms with E-state index in [4.69, 9.17) is 9.26 Å². The van der Waals surface area contributed by atoms with E-state index in [1.54, 1.807) is 4.90 Å². The molecule has 2 aromatic carbocycles. The Kier molecular flexibility index (Phi) is 6.32. The van der Waals surface area contributed by atoms with Gasteiger partial charge in [0.15, 0.2) is 6.61 Å². The molecule has 3 aromatic rings. The molecule has 1 heterocycles. The summed E-state index contributed by atoms with van der Waals surface area (Å²) in [6.45, 7) is 10.1. The summed E-state index contributed by atoms with van der Waals surface area (Å²) in [5, 5.41) is 4.05. The van der Waals surface area contributed by atoms with Crippen molar-refractivity contribution in [1.29, 1.82) is 0 Å². The van der Waals surface area contributed by atoms with Crippen LogP contribution in [-0.4, -0.2) is 33.6 Å². The summed E-state index contributed by atoms with van der Waals surface area (Å²) in [5.74, 6) is 1.50. The van der Waals surface area contributed by atoms with Gasteiger partial charge in [-0.2, -0.15) is 4.98 Å². The molecule has 0 N–H and O–H groups in total. The Labute approximate surface area is 171 Å². The van der Waals surface area contributed by atoms with Crippen molar-refractivity contribution >= 4 is 5.91 Å². The second-order valence-electron chi connectivity index (χ2n) is 7.55. The largest absolute Gasteiger partial charge is 0.483 e. The highest BCUT2D eigenvalue weighted by atomic mass is 16.5. The molecular weight excluding hydrogens is 366 g/mol. The van der Waals surface area contributed by atoms with Gasteiger partial charge in [0.05, 0.1) is 0 Å². The molecular formula is C23H27N3O3. The molecule has 0 saturated heterocycles. The molecule has 0 spiro atoms. The Bertz CT molecular complexity index is 977. The molecule has 0 aliphatic rings. The highest BCUT2D eigenvalue weighted by molar-refractivity contribution is 5.78. The molecule has 6 nitrogen and oxygen atoms in total. The van der Waals surface area contributed by atoms with Crippen molar-refractivity contribution in [1.82, 2.24) is 15.0 Å². The van der Waals surface area contributed by atoms with E-state index in [0.717, 1.165) is 22.3 Å². The summed E-state index contributed by atoms with van der Waals surface area (Å²) in [7, 11) is 0. The van der Waals surface area contributed by atoms with Crippen LogP contribution in [0.3, 0.4) is 0 Å². The van der Waals surface area contributed by atoms with Crippen molar-refractivity contribution < 1.29 is 14.1 Å². The monoisotopic (exact) mass is 393 g/mol. The lowest BCUT2D eigenvalue weighted by molar-refractivity contribution is -0.136. The summed E-state index contributed by atoms with van der Waals surface area (Å²) in [5.41, 5.74) is 4.21. The van der Waals surface area contributed by atoms with Crippen LogP contribution < -0.4 is 4.74 Å². The lowest BCUT2D eigenvalue weighted by Gasteiger charge is -2.25. The fourth-order valence-corrected chi connectivity index (χ4v) is 3.03. The zero-order valence-electron chi connectivity index (χ0n) is 17.6. The summed E-state index contributed by atoms with van der Waals surface area (Å²) in [4.78, 5) is 18.9. The predicted molar refractivity (Wildman–Crippen MR) is 112 cm³/mol. The number of hydrogen-bond acceptors (Lipinski definition) is 5. The molecule has 0 fully saturated rings. The molecule has 0 aliphatic heterocycles. The fraction of sp³-hybridized carbons (Fsp3) is 0.348. The Balaban J connectivity index is 1.66. The van der Waals surface area contributed by atoms with Crippen LogP contribution in [0.5, 0.6) is 5.75 Å². The zero-order chi connectivity index (χ0) is 21.0. The van der Waals surface area contributed by atoms with Gasteiger partial charge in [0.1, 0.15) is 12.3 Å². The van der Waals surface area contributed by atoms with Gasteiger partial charge in [-0.3, -0.25) is 4.79 Å². The van der Waals surface area contributed by atoms with Crippen LogP contribution >= 0.6 is 0 Å². The summed E-state index contributed by atoms with van der Waals surface area (Å²) >= 11 is 0. The van der Waals surface area contributed by atoms with Gasteiger partial charge in [0.25, 0.3) is 5.91 Å². The summed E-state index contributed by atoms with van der Waals surface area (Å²) < 4.78 is 11.1.